The lowest BCUT2D eigenvalue weighted by Crippen LogP contribution is -2.38. The number of aliphatic hydroxyl groups is 1. The number of aliphatic hydroxyl groups excluding tert-OH is 1. The lowest BCUT2D eigenvalue weighted by molar-refractivity contribution is -0.126. The predicted molar refractivity (Wildman–Crippen MR) is 63.8 cm³/mol. The SMILES string of the molecule is CCC(O)CNC(=O)C1CCC(CN)CC1. The molecule has 0 bridgehead atoms. The number of carbonyl (C=O) groups is 1. The first kappa shape index (κ1) is 13.5. The van der Waals surface area contributed by atoms with E-state index in [4.69, 9.17) is 5.73 Å². The summed E-state index contributed by atoms with van der Waals surface area (Å²) in [7, 11) is 0. The Labute approximate surface area is 97.6 Å². The Hall–Kier alpha value is -0.610. The zero-order valence-electron chi connectivity index (χ0n) is 10.1. The van der Waals surface area contributed by atoms with Gasteiger partial charge in [-0.2, -0.15) is 0 Å². The summed E-state index contributed by atoms with van der Waals surface area (Å²) in [5, 5.41) is 12.2. The predicted octanol–water partition coefficient (Wildman–Crippen LogP) is 0.639. The maximum atomic E-state index is 11.8. The summed E-state index contributed by atoms with van der Waals surface area (Å²) < 4.78 is 0. The molecule has 4 heteroatoms. The van der Waals surface area contributed by atoms with Gasteiger partial charge in [0.15, 0.2) is 0 Å². The molecule has 1 saturated carbocycles. The highest BCUT2D eigenvalue weighted by Gasteiger charge is 2.25. The Morgan fingerprint density at radius 2 is 2.06 bits per heavy atom. The van der Waals surface area contributed by atoms with Crippen molar-refractivity contribution in [2.24, 2.45) is 17.6 Å². The van der Waals surface area contributed by atoms with Crippen LogP contribution in [0.5, 0.6) is 0 Å². The van der Waals surface area contributed by atoms with E-state index in [0.29, 0.717) is 18.9 Å². The molecule has 4 N–H and O–H groups in total. The maximum absolute atomic E-state index is 11.8. The highest BCUT2D eigenvalue weighted by Crippen LogP contribution is 2.28. The molecule has 0 aromatic heterocycles. The van der Waals surface area contributed by atoms with Crippen LogP contribution in [-0.4, -0.2) is 30.2 Å². The summed E-state index contributed by atoms with van der Waals surface area (Å²) in [6.07, 6.45) is 4.27. The van der Waals surface area contributed by atoms with Crippen LogP contribution in [0.1, 0.15) is 39.0 Å². The van der Waals surface area contributed by atoms with Gasteiger partial charge in [0.25, 0.3) is 0 Å². The average Bonchev–Trinajstić information content (AvgIpc) is 2.35. The molecule has 1 amide bonds. The van der Waals surface area contributed by atoms with Crippen molar-refractivity contribution in [2.75, 3.05) is 13.1 Å². The van der Waals surface area contributed by atoms with E-state index < -0.39 is 6.10 Å². The Bertz CT molecular complexity index is 213. The van der Waals surface area contributed by atoms with E-state index in [1.165, 1.54) is 0 Å². The Morgan fingerprint density at radius 3 is 2.56 bits per heavy atom. The molecule has 94 valence electrons. The van der Waals surface area contributed by atoms with Gasteiger partial charge in [-0.3, -0.25) is 4.79 Å². The van der Waals surface area contributed by atoms with E-state index in [2.05, 4.69) is 5.32 Å². The summed E-state index contributed by atoms with van der Waals surface area (Å²) in [4.78, 5) is 11.8. The molecule has 0 radical (unpaired) electrons. The first-order valence-electron chi connectivity index (χ1n) is 6.33. The lowest BCUT2D eigenvalue weighted by Gasteiger charge is -2.27. The summed E-state index contributed by atoms with van der Waals surface area (Å²) in [6.45, 7) is 3.03. The Balaban J connectivity index is 2.22. The van der Waals surface area contributed by atoms with Crippen LogP contribution in [0.3, 0.4) is 0 Å². The zero-order valence-corrected chi connectivity index (χ0v) is 10.1. The minimum absolute atomic E-state index is 0.1000. The van der Waals surface area contributed by atoms with E-state index in [1.54, 1.807) is 0 Å². The molecule has 1 atom stereocenters. The number of amides is 1. The highest BCUT2D eigenvalue weighted by molar-refractivity contribution is 5.78. The van der Waals surface area contributed by atoms with Gasteiger partial charge in [-0.25, -0.2) is 0 Å². The molecule has 0 spiro atoms. The smallest absolute Gasteiger partial charge is 0.223 e. The maximum Gasteiger partial charge on any atom is 0.223 e. The number of nitrogens with one attached hydrogen (secondary N) is 1. The second kappa shape index (κ2) is 6.86. The second-order valence-corrected chi connectivity index (χ2v) is 4.76. The van der Waals surface area contributed by atoms with Gasteiger partial charge >= 0.3 is 0 Å². The molecule has 1 aliphatic carbocycles. The van der Waals surface area contributed by atoms with E-state index >= 15 is 0 Å². The molecule has 0 heterocycles. The van der Waals surface area contributed by atoms with Gasteiger partial charge in [-0.15, -0.1) is 0 Å². The van der Waals surface area contributed by atoms with Crippen LogP contribution in [0, 0.1) is 11.8 Å². The molecule has 4 nitrogen and oxygen atoms in total. The van der Waals surface area contributed by atoms with E-state index in [1.807, 2.05) is 6.92 Å². The van der Waals surface area contributed by atoms with Gasteiger partial charge in [0.1, 0.15) is 0 Å². The molecule has 1 aliphatic rings. The van der Waals surface area contributed by atoms with Gasteiger partial charge in [0.05, 0.1) is 6.10 Å². The number of hydrogen-bond donors (Lipinski definition) is 3. The molecule has 0 saturated heterocycles. The summed E-state index contributed by atoms with van der Waals surface area (Å²) in [6, 6.07) is 0. The van der Waals surface area contributed by atoms with Crippen molar-refractivity contribution in [2.45, 2.75) is 45.1 Å². The summed E-state index contributed by atoms with van der Waals surface area (Å²) >= 11 is 0. The molecule has 0 aliphatic heterocycles. The van der Waals surface area contributed by atoms with Crippen LogP contribution in [0.4, 0.5) is 0 Å². The molecular formula is C12H24N2O2. The Morgan fingerprint density at radius 1 is 1.44 bits per heavy atom. The quantitative estimate of drug-likeness (QED) is 0.646. The highest BCUT2D eigenvalue weighted by atomic mass is 16.3. The van der Waals surface area contributed by atoms with Crippen molar-refractivity contribution in [3.8, 4) is 0 Å². The third kappa shape index (κ3) is 4.10. The molecule has 0 aromatic carbocycles. The van der Waals surface area contributed by atoms with Crippen LogP contribution in [-0.2, 0) is 4.79 Å². The van der Waals surface area contributed by atoms with Gasteiger partial charge in [-0.05, 0) is 44.6 Å². The fourth-order valence-corrected chi connectivity index (χ4v) is 2.17. The average molecular weight is 228 g/mol. The summed E-state index contributed by atoms with van der Waals surface area (Å²) in [5.41, 5.74) is 5.61. The summed E-state index contributed by atoms with van der Waals surface area (Å²) in [5.74, 6) is 0.833. The number of rotatable bonds is 5. The van der Waals surface area contributed by atoms with Crippen LogP contribution in [0.2, 0.25) is 0 Å². The number of nitrogens with two attached hydrogens (primary N) is 1. The third-order valence-electron chi connectivity index (χ3n) is 3.53. The van der Waals surface area contributed by atoms with Crippen molar-refractivity contribution in [1.29, 1.82) is 0 Å². The normalized spacial score (nSPS) is 27.4. The van der Waals surface area contributed by atoms with E-state index in [0.717, 1.165) is 32.2 Å². The third-order valence-corrected chi connectivity index (χ3v) is 3.53. The van der Waals surface area contributed by atoms with E-state index in [9.17, 15) is 9.90 Å². The molecule has 1 unspecified atom stereocenters. The van der Waals surface area contributed by atoms with Crippen LogP contribution in [0.25, 0.3) is 0 Å². The fraction of sp³-hybridized carbons (Fsp3) is 0.917. The van der Waals surface area contributed by atoms with Crippen molar-refractivity contribution in [1.82, 2.24) is 5.32 Å². The first-order valence-corrected chi connectivity index (χ1v) is 6.33. The minimum atomic E-state index is -0.413. The molecule has 1 rings (SSSR count). The lowest BCUT2D eigenvalue weighted by atomic mass is 9.81. The van der Waals surface area contributed by atoms with Crippen molar-refractivity contribution in [3.05, 3.63) is 0 Å². The van der Waals surface area contributed by atoms with Gasteiger partial charge in [-0.1, -0.05) is 6.92 Å². The fourth-order valence-electron chi connectivity index (χ4n) is 2.17. The first-order chi connectivity index (χ1) is 7.67. The van der Waals surface area contributed by atoms with Crippen LogP contribution >= 0.6 is 0 Å². The minimum Gasteiger partial charge on any atom is -0.391 e. The van der Waals surface area contributed by atoms with Crippen LogP contribution < -0.4 is 11.1 Å². The van der Waals surface area contributed by atoms with Gasteiger partial charge < -0.3 is 16.2 Å². The topological polar surface area (TPSA) is 75.3 Å². The van der Waals surface area contributed by atoms with E-state index in [-0.39, 0.29) is 11.8 Å². The van der Waals surface area contributed by atoms with Crippen LogP contribution in [0.15, 0.2) is 0 Å². The molecule has 0 aromatic rings. The molecule has 1 fully saturated rings. The largest absolute Gasteiger partial charge is 0.391 e. The number of carbonyl (C=O) groups excluding carboxylic acids is 1. The number of hydrogen-bond acceptors (Lipinski definition) is 3. The monoisotopic (exact) mass is 228 g/mol. The van der Waals surface area contributed by atoms with Crippen molar-refractivity contribution >= 4 is 5.91 Å². The zero-order chi connectivity index (χ0) is 12.0. The Kier molecular flexibility index (Phi) is 5.77. The van der Waals surface area contributed by atoms with Gasteiger partial charge in [0.2, 0.25) is 5.91 Å². The molecule has 16 heavy (non-hydrogen) atoms. The van der Waals surface area contributed by atoms with Crippen molar-refractivity contribution < 1.29 is 9.90 Å². The molecular weight excluding hydrogens is 204 g/mol. The second-order valence-electron chi connectivity index (χ2n) is 4.76. The van der Waals surface area contributed by atoms with Gasteiger partial charge in [0, 0.05) is 12.5 Å². The van der Waals surface area contributed by atoms with Crippen molar-refractivity contribution in [3.63, 3.8) is 0 Å². The standard InChI is InChI=1S/C12H24N2O2/c1-2-11(15)8-14-12(16)10-5-3-9(7-13)4-6-10/h9-11,15H,2-8,13H2,1H3,(H,14,16).